The summed E-state index contributed by atoms with van der Waals surface area (Å²) in [6.45, 7) is 3.55. The third kappa shape index (κ3) is 3.23. The number of nitrogen functional groups attached to an aromatic ring is 1. The summed E-state index contributed by atoms with van der Waals surface area (Å²) in [5.41, 5.74) is 6.45. The normalized spacial score (nSPS) is 10.4. The van der Waals surface area contributed by atoms with Crippen LogP contribution in [-0.2, 0) is 4.74 Å². The van der Waals surface area contributed by atoms with Crippen LogP contribution >= 0.6 is 39.1 Å². The summed E-state index contributed by atoms with van der Waals surface area (Å²) in [5, 5.41) is 4.73. The predicted molar refractivity (Wildman–Crippen MR) is 86.2 cm³/mol. The lowest BCUT2D eigenvalue weighted by atomic mass is 10.3. The van der Waals surface area contributed by atoms with Gasteiger partial charge in [0, 0.05) is 4.47 Å². The topological polar surface area (TPSA) is 70.1 Å². The molecule has 2 rings (SSSR count). The van der Waals surface area contributed by atoms with Gasteiger partial charge in [-0.25, -0.2) is 9.48 Å². The van der Waals surface area contributed by atoms with Crippen LogP contribution in [0.2, 0.25) is 10.0 Å². The molecule has 8 heteroatoms. The van der Waals surface area contributed by atoms with Crippen molar-refractivity contribution in [2.24, 2.45) is 0 Å². The molecule has 110 valence electrons. The molecule has 2 aromatic rings. The molecule has 21 heavy (non-hydrogen) atoms. The number of esters is 1. The van der Waals surface area contributed by atoms with Crippen molar-refractivity contribution in [3.63, 3.8) is 0 Å². The minimum atomic E-state index is -0.594. The van der Waals surface area contributed by atoms with Gasteiger partial charge in [0.15, 0.2) is 0 Å². The van der Waals surface area contributed by atoms with E-state index in [9.17, 15) is 4.79 Å². The molecule has 0 spiro atoms. The van der Waals surface area contributed by atoms with Crippen molar-refractivity contribution in [3.05, 3.63) is 51.1 Å². The molecule has 0 radical (unpaired) electrons. The lowest BCUT2D eigenvalue weighted by Crippen LogP contribution is -2.09. The molecular formula is C13H10BrCl2N3O2. The van der Waals surface area contributed by atoms with E-state index in [1.165, 1.54) is 17.0 Å². The number of nitrogens with zero attached hydrogens (tertiary/aromatic N) is 2. The van der Waals surface area contributed by atoms with E-state index in [0.29, 0.717) is 15.7 Å². The lowest BCUT2D eigenvalue weighted by molar-refractivity contribution is 0.0551. The van der Waals surface area contributed by atoms with Gasteiger partial charge in [-0.1, -0.05) is 51.8 Å². The molecule has 0 aliphatic carbocycles. The molecule has 0 fully saturated rings. The fraction of sp³-hybridized carbons (Fsp3) is 0.0769. The van der Waals surface area contributed by atoms with Gasteiger partial charge >= 0.3 is 5.97 Å². The SMILES string of the molecule is C=CCOC(=O)c1cnn(-c2c(Cl)cc(Br)cc2Cl)c1N. The Morgan fingerprint density at radius 1 is 1.48 bits per heavy atom. The number of aromatic nitrogens is 2. The van der Waals surface area contributed by atoms with Crippen molar-refractivity contribution in [3.8, 4) is 5.69 Å². The predicted octanol–water partition coefficient (Wildman–Crippen LogP) is 3.87. The van der Waals surface area contributed by atoms with Gasteiger partial charge in [0.25, 0.3) is 0 Å². The molecule has 5 nitrogen and oxygen atoms in total. The average Bonchev–Trinajstić information content (AvgIpc) is 2.77. The number of halogens is 3. The molecule has 0 saturated heterocycles. The number of nitrogens with two attached hydrogens (primary N) is 1. The maximum absolute atomic E-state index is 11.8. The fourth-order valence-corrected chi connectivity index (χ4v) is 3.01. The molecule has 0 aliphatic heterocycles. The van der Waals surface area contributed by atoms with Gasteiger partial charge in [-0.3, -0.25) is 0 Å². The van der Waals surface area contributed by atoms with Crippen molar-refractivity contribution in [1.29, 1.82) is 0 Å². The Bertz CT molecular complexity index is 692. The molecular weight excluding hydrogens is 381 g/mol. The van der Waals surface area contributed by atoms with E-state index in [1.807, 2.05) is 0 Å². The van der Waals surface area contributed by atoms with Crippen molar-refractivity contribution in [2.45, 2.75) is 0 Å². The fourth-order valence-electron chi connectivity index (χ4n) is 1.64. The minimum Gasteiger partial charge on any atom is -0.458 e. The van der Waals surface area contributed by atoms with Gasteiger partial charge in [0.1, 0.15) is 23.7 Å². The number of hydrogen-bond donors (Lipinski definition) is 1. The van der Waals surface area contributed by atoms with E-state index >= 15 is 0 Å². The second-order valence-electron chi connectivity index (χ2n) is 3.96. The summed E-state index contributed by atoms with van der Waals surface area (Å²) < 4.78 is 6.94. The number of carbonyl (C=O) groups excluding carboxylic acids is 1. The molecule has 0 saturated carbocycles. The van der Waals surface area contributed by atoms with E-state index < -0.39 is 5.97 Å². The van der Waals surface area contributed by atoms with Crippen molar-refractivity contribution < 1.29 is 9.53 Å². The molecule has 1 aromatic carbocycles. The first-order chi connectivity index (χ1) is 9.95. The van der Waals surface area contributed by atoms with Gasteiger partial charge in [0.05, 0.1) is 16.2 Å². The maximum atomic E-state index is 11.8. The summed E-state index contributed by atoms with van der Waals surface area (Å²) in [6.07, 6.45) is 2.76. The van der Waals surface area contributed by atoms with E-state index in [2.05, 4.69) is 27.6 Å². The minimum absolute atomic E-state index is 0.0866. The molecule has 0 amide bonds. The zero-order valence-electron chi connectivity index (χ0n) is 10.6. The van der Waals surface area contributed by atoms with E-state index in [0.717, 1.165) is 4.47 Å². The molecule has 2 N–H and O–H groups in total. The second kappa shape index (κ2) is 6.51. The van der Waals surface area contributed by atoms with Crippen LogP contribution in [0.1, 0.15) is 10.4 Å². The second-order valence-corrected chi connectivity index (χ2v) is 5.69. The highest BCUT2D eigenvalue weighted by molar-refractivity contribution is 9.10. The Hall–Kier alpha value is -1.50. The molecule has 0 bridgehead atoms. The maximum Gasteiger partial charge on any atom is 0.343 e. The van der Waals surface area contributed by atoms with Crippen LogP contribution < -0.4 is 5.73 Å². The molecule has 0 atom stereocenters. The Kier molecular flexibility index (Phi) is 4.92. The first-order valence-corrected chi connectivity index (χ1v) is 7.27. The first-order valence-electron chi connectivity index (χ1n) is 5.72. The average molecular weight is 391 g/mol. The third-order valence-electron chi connectivity index (χ3n) is 2.55. The Balaban J connectivity index is 2.46. The number of anilines is 1. The van der Waals surface area contributed by atoms with Crippen molar-refractivity contribution in [2.75, 3.05) is 12.3 Å². The van der Waals surface area contributed by atoms with Crippen molar-refractivity contribution in [1.82, 2.24) is 9.78 Å². The van der Waals surface area contributed by atoms with E-state index in [-0.39, 0.29) is 18.0 Å². The van der Waals surface area contributed by atoms with E-state index in [1.54, 1.807) is 12.1 Å². The van der Waals surface area contributed by atoms with Crippen LogP contribution in [0, 0.1) is 0 Å². The number of ether oxygens (including phenoxy) is 1. The molecule has 1 aromatic heterocycles. The quantitative estimate of drug-likeness (QED) is 0.635. The van der Waals surface area contributed by atoms with Crippen LogP contribution in [0.4, 0.5) is 5.82 Å². The standard InChI is InChI=1S/C13H10BrCl2N3O2/c1-2-3-21-13(20)8-6-18-19(12(8)17)11-9(15)4-7(14)5-10(11)16/h2,4-6H,1,3,17H2. The smallest absolute Gasteiger partial charge is 0.343 e. The zero-order chi connectivity index (χ0) is 15.6. The Morgan fingerprint density at radius 2 is 2.10 bits per heavy atom. The summed E-state index contributed by atoms with van der Waals surface area (Å²) in [5.74, 6) is -0.502. The van der Waals surface area contributed by atoms with Crippen LogP contribution in [0.3, 0.4) is 0 Å². The van der Waals surface area contributed by atoms with E-state index in [4.69, 9.17) is 33.7 Å². The number of benzene rings is 1. The van der Waals surface area contributed by atoms with Gasteiger partial charge < -0.3 is 10.5 Å². The number of rotatable bonds is 4. The van der Waals surface area contributed by atoms with Gasteiger partial charge in [-0.2, -0.15) is 5.10 Å². The van der Waals surface area contributed by atoms with Gasteiger partial charge in [-0.05, 0) is 12.1 Å². The van der Waals surface area contributed by atoms with Gasteiger partial charge in [0.2, 0.25) is 0 Å². The first kappa shape index (κ1) is 15.9. The lowest BCUT2D eigenvalue weighted by Gasteiger charge is -2.10. The Labute approximate surface area is 139 Å². The molecule has 0 unspecified atom stereocenters. The number of hydrogen-bond acceptors (Lipinski definition) is 4. The largest absolute Gasteiger partial charge is 0.458 e. The highest BCUT2D eigenvalue weighted by Gasteiger charge is 2.20. The summed E-state index contributed by atoms with van der Waals surface area (Å²) in [6, 6.07) is 3.30. The van der Waals surface area contributed by atoms with Crippen LogP contribution in [-0.4, -0.2) is 22.4 Å². The highest BCUT2D eigenvalue weighted by atomic mass is 79.9. The van der Waals surface area contributed by atoms with Crippen LogP contribution in [0.5, 0.6) is 0 Å². The zero-order valence-corrected chi connectivity index (χ0v) is 13.7. The van der Waals surface area contributed by atoms with Crippen LogP contribution in [0.25, 0.3) is 5.69 Å². The van der Waals surface area contributed by atoms with Gasteiger partial charge in [-0.15, -0.1) is 0 Å². The summed E-state index contributed by atoms with van der Waals surface area (Å²) in [7, 11) is 0. The van der Waals surface area contributed by atoms with Crippen molar-refractivity contribution >= 4 is 50.9 Å². The molecule has 0 aliphatic rings. The summed E-state index contributed by atoms with van der Waals surface area (Å²) in [4.78, 5) is 11.8. The van der Waals surface area contributed by atoms with Crippen LogP contribution in [0.15, 0.2) is 35.5 Å². The molecule has 1 heterocycles. The monoisotopic (exact) mass is 389 g/mol. The Morgan fingerprint density at radius 3 is 2.67 bits per heavy atom. The number of carbonyl (C=O) groups is 1. The highest BCUT2D eigenvalue weighted by Crippen LogP contribution is 2.33. The third-order valence-corrected chi connectivity index (χ3v) is 3.59. The summed E-state index contributed by atoms with van der Waals surface area (Å²) >= 11 is 15.6.